The summed E-state index contributed by atoms with van der Waals surface area (Å²) < 4.78 is 11.5. The molecule has 31 heavy (non-hydrogen) atoms. The Labute approximate surface area is 182 Å². The van der Waals surface area contributed by atoms with Gasteiger partial charge in [0, 0.05) is 11.3 Å². The molecule has 0 aliphatic carbocycles. The molecule has 5 nitrogen and oxygen atoms in total. The van der Waals surface area contributed by atoms with Crippen LogP contribution in [0.1, 0.15) is 37.3 Å². The highest BCUT2D eigenvalue weighted by molar-refractivity contribution is 5.93. The van der Waals surface area contributed by atoms with Crippen molar-refractivity contribution >= 4 is 22.7 Å². The van der Waals surface area contributed by atoms with Crippen LogP contribution in [0.4, 0.5) is 5.69 Å². The summed E-state index contributed by atoms with van der Waals surface area (Å²) in [5, 5.41) is 2.93. The number of aryl methyl sites for hydroxylation is 1. The predicted octanol–water partition coefficient (Wildman–Crippen LogP) is 6.33. The van der Waals surface area contributed by atoms with E-state index in [1.807, 2.05) is 61.5 Å². The quantitative estimate of drug-likeness (QED) is 0.383. The summed E-state index contributed by atoms with van der Waals surface area (Å²) in [5.74, 6) is 1.49. The van der Waals surface area contributed by atoms with Crippen molar-refractivity contribution in [2.75, 3.05) is 11.9 Å². The Kier molecular flexibility index (Phi) is 6.03. The van der Waals surface area contributed by atoms with Crippen molar-refractivity contribution in [3.05, 3.63) is 77.9 Å². The van der Waals surface area contributed by atoms with Crippen molar-refractivity contribution in [2.24, 2.45) is 0 Å². The molecule has 1 amide bonds. The van der Waals surface area contributed by atoms with Gasteiger partial charge in [-0.25, -0.2) is 4.98 Å². The third kappa shape index (κ3) is 4.77. The molecule has 1 aromatic heterocycles. The van der Waals surface area contributed by atoms with Crippen molar-refractivity contribution < 1.29 is 13.9 Å². The Morgan fingerprint density at radius 1 is 1.10 bits per heavy atom. The summed E-state index contributed by atoms with van der Waals surface area (Å²) in [7, 11) is 0. The number of para-hydroxylation sites is 2. The Bertz CT molecular complexity index is 1160. The van der Waals surface area contributed by atoms with Crippen molar-refractivity contribution in [1.82, 2.24) is 4.98 Å². The third-order valence-electron chi connectivity index (χ3n) is 5.48. The molecule has 1 atom stereocenters. The SMILES string of the molecule is CC[C@H](C)c1ccc(OCC(=O)Nc2cc(-c3nc4ccccc4o3)ccc2C)cc1. The molecule has 0 aliphatic rings. The molecule has 0 aliphatic heterocycles. The van der Waals surface area contributed by atoms with E-state index >= 15 is 0 Å². The predicted molar refractivity (Wildman–Crippen MR) is 123 cm³/mol. The molecule has 0 saturated carbocycles. The first-order valence-electron chi connectivity index (χ1n) is 10.5. The van der Waals surface area contributed by atoms with Gasteiger partial charge in [-0.3, -0.25) is 4.79 Å². The third-order valence-corrected chi connectivity index (χ3v) is 5.48. The van der Waals surface area contributed by atoms with Crippen LogP contribution in [0, 0.1) is 6.92 Å². The molecule has 1 heterocycles. The number of nitrogens with zero attached hydrogens (tertiary/aromatic N) is 1. The lowest BCUT2D eigenvalue weighted by atomic mass is 9.99. The average molecular weight is 415 g/mol. The summed E-state index contributed by atoms with van der Waals surface area (Å²) in [6.45, 7) is 6.25. The van der Waals surface area contributed by atoms with Crippen LogP contribution in [0.2, 0.25) is 0 Å². The fraction of sp³-hybridized carbons (Fsp3) is 0.231. The van der Waals surface area contributed by atoms with Crippen LogP contribution in [0.5, 0.6) is 5.75 Å². The maximum atomic E-state index is 12.5. The zero-order valence-corrected chi connectivity index (χ0v) is 18.0. The number of hydrogen-bond acceptors (Lipinski definition) is 4. The van der Waals surface area contributed by atoms with Gasteiger partial charge in [0.05, 0.1) is 0 Å². The van der Waals surface area contributed by atoms with E-state index in [0.717, 1.165) is 28.6 Å². The number of rotatable bonds is 7. The number of benzene rings is 3. The number of oxazole rings is 1. The second-order valence-electron chi connectivity index (χ2n) is 7.73. The summed E-state index contributed by atoms with van der Waals surface area (Å²) >= 11 is 0. The molecule has 0 fully saturated rings. The van der Waals surface area contributed by atoms with Gasteiger partial charge in [-0.1, -0.05) is 44.2 Å². The van der Waals surface area contributed by atoms with Gasteiger partial charge in [-0.2, -0.15) is 0 Å². The Morgan fingerprint density at radius 3 is 2.61 bits per heavy atom. The molecule has 158 valence electrons. The monoisotopic (exact) mass is 414 g/mol. The van der Waals surface area contributed by atoms with E-state index in [2.05, 4.69) is 36.3 Å². The Balaban J connectivity index is 1.42. The maximum Gasteiger partial charge on any atom is 0.262 e. The lowest BCUT2D eigenvalue weighted by Crippen LogP contribution is -2.20. The summed E-state index contributed by atoms with van der Waals surface area (Å²) in [5.41, 5.74) is 5.27. The van der Waals surface area contributed by atoms with E-state index < -0.39 is 0 Å². The first kappa shape index (κ1) is 20.7. The van der Waals surface area contributed by atoms with E-state index in [0.29, 0.717) is 23.2 Å². The van der Waals surface area contributed by atoms with E-state index in [9.17, 15) is 4.79 Å². The highest BCUT2D eigenvalue weighted by Gasteiger charge is 2.12. The Hall–Kier alpha value is -3.60. The second kappa shape index (κ2) is 9.04. The fourth-order valence-corrected chi connectivity index (χ4v) is 3.35. The zero-order chi connectivity index (χ0) is 21.8. The van der Waals surface area contributed by atoms with Crippen molar-refractivity contribution in [1.29, 1.82) is 0 Å². The molecule has 3 aromatic carbocycles. The second-order valence-corrected chi connectivity index (χ2v) is 7.73. The Morgan fingerprint density at radius 2 is 1.87 bits per heavy atom. The van der Waals surface area contributed by atoms with Crippen LogP contribution in [0.3, 0.4) is 0 Å². The topological polar surface area (TPSA) is 64.4 Å². The van der Waals surface area contributed by atoms with E-state index in [1.54, 1.807) is 0 Å². The van der Waals surface area contributed by atoms with Crippen LogP contribution in [-0.4, -0.2) is 17.5 Å². The van der Waals surface area contributed by atoms with E-state index in [4.69, 9.17) is 9.15 Å². The number of amides is 1. The summed E-state index contributed by atoms with van der Waals surface area (Å²) in [6.07, 6.45) is 1.09. The molecule has 4 aromatic rings. The number of carbonyl (C=O) groups excluding carboxylic acids is 1. The number of hydrogen-bond donors (Lipinski definition) is 1. The van der Waals surface area contributed by atoms with Gasteiger partial charge in [-0.15, -0.1) is 0 Å². The lowest BCUT2D eigenvalue weighted by Gasteiger charge is -2.12. The smallest absolute Gasteiger partial charge is 0.262 e. The standard InChI is InChI=1S/C26H26N2O3/c1-4-17(2)19-11-13-21(14-12-19)30-16-25(29)27-23-15-20(10-9-18(23)3)26-28-22-7-5-6-8-24(22)31-26/h5-15,17H,4,16H2,1-3H3,(H,27,29)/t17-/m0/s1. The first-order chi connectivity index (χ1) is 15.0. The largest absolute Gasteiger partial charge is 0.484 e. The average Bonchev–Trinajstić information content (AvgIpc) is 3.23. The van der Waals surface area contributed by atoms with Gasteiger partial charge in [0.2, 0.25) is 5.89 Å². The molecule has 0 bridgehead atoms. The minimum absolute atomic E-state index is 0.0603. The number of fused-ring (bicyclic) bond motifs is 1. The number of nitrogens with one attached hydrogen (secondary N) is 1. The fourth-order valence-electron chi connectivity index (χ4n) is 3.35. The van der Waals surface area contributed by atoms with Gasteiger partial charge in [-0.05, 0) is 66.8 Å². The van der Waals surface area contributed by atoms with Crippen molar-refractivity contribution in [3.63, 3.8) is 0 Å². The molecule has 4 rings (SSSR count). The zero-order valence-electron chi connectivity index (χ0n) is 18.0. The molecule has 5 heteroatoms. The van der Waals surface area contributed by atoms with E-state index in [1.165, 1.54) is 5.56 Å². The molecular weight excluding hydrogens is 388 g/mol. The number of aromatic nitrogens is 1. The van der Waals surface area contributed by atoms with Gasteiger partial charge in [0.25, 0.3) is 5.91 Å². The molecule has 0 unspecified atom stereocenters. The minimum Gasteiger partial charge on any atom is -0.484 e. The highest BCUT2D eigenvalue weighted by atomic mass is 16.5. The van der Waals surface area contributed by atoms with Crippen LogP contribution in [0.25, 0.3) is 22.6 Å². The first-order valence-corrected chi connectivity index (χ1v) is 10.5. The van der Waals surface area contributed by atoms with Gasteiger partial charge < -0.3 is 14.5 Å². The van der Waals surface area contributed by atoms with E-state index in [-0.39, 0.29) is 12.5 Å². The number of carbonyl (C=O) groups is 1. The van der Waals surface area contributed by atoms with Crippen LogP contribution >= 0.6 is 0 Å². The molecule has 0 radical (unpaired) electrons. The van der Waals surface area contributed by atoms with Gasteiger partial charge in [0.1, 0.15) is 11.3 Å². The summed E-state index contributed by atoms with van der Waals surface area (Å²) in [4.78, 5) is 17.0. The normalized spacial score (nSPS) is 12.0. The maximum absolute atomic E-state index is 12.5. The van der Waals surface area contributed by atoms with Crippen molar-refractivity contribution in [2.45, 2.75) is 33.1 Å². The lowest BCUT2D eigenvalue weighted by molar-refractivity contribution is -0.118. The molecule has 0 spiro atoms. The van der Waals surface area contributed by atoms with Crippen LogP contribution in [-0.2, 0) is 4.79 Å². The molecular formula is C26H26N2O3. The molecule has 0 saturated heterocycles. The van der Waals surface area contributed by atoms with Crippen LogP contribution < -0.4 is 10.1 Å². The molecule has 1 N–H and O–H groups in total. The van der Waals surface area contributed by atoms with Crippen molar-refractivity contribution in [3.8, 4) is 17.2 Å². The number of ether oxygens (including phenoxy) is 1. The highest BCUT2D eigenvalue weighted by Crippen LogP contribution is 2.28. The summed E-state index contributed by atoms with van der Waals surface area (Å²) in [6, 6.07) is 21.3. The van der Waals surface area contributed by atoms with Crippen LogP contribution in [0.15, 0.2) is 71.1 Å². The van der Waals surface area contributed by atoms with Gasteiger partial charge >= 0.3 is 0 Å². The van der Waals surface area contributed by atoms with Gasteiger partial charge in [0.15, 0.2) is 12.2 Å². The minimum atomic E-state index is -0.219. The number of anilines is 1.